The van der Waals surface area contributed by atoms with E-state index in [0.29, 0.717) is 35.1 Å². The van der Waals surface area contributed by atoms with Crippen molar-refractivity contribution in [2.75, 3.05) is 19.5 Å². The third kappa shape index (κ3) is 3.63. The lowest BCUT2D eigenvalue weighted by Gasteiger charge is -2.27. The van der Waals surface area contributed by atoms with Crippen LogP contribution in [0.1, 0.15) is 36.8 Å². The van der Waals surface area contributed by atoms with Gasteiger partial charge in [0.1, 0.15) is 17.4 Å². The molecular formula is C21H23N3O3. The van der Waals surface area contributed by atoms with Crippen LogP contribution in [-0.4, -0.2) is 13.7 Å². The molecule has 6 nitrogen and oxygen atoms in total. The third-order valence-electron chi connectivity index (χ3n) is 4.52. The van der Waals surface area contributed by atoms with E-state index in [4.69, 9.17) is 25.7 Å². The van der Waals surface area contributed by atoms with E-state index in [9.17, 15) is 5.26 Å². The van der Waals surface area contributed by atoms with Crippen molar-refractivity contribution in [3.8, 4) is 23.3 Å². The maximum atomic E-state index is 9.65. The first-order valence-electron chi connectivity index (χ1n) is 8.86. The van der Waals surface area contributed by atoms with E-state index in [-0.39, 0.29) is 11.8 Å². The fraction of sp³-hybridized carbons (Fsp3) is 0.286. The normalized spacial score (nSPS) is 15.5. The van der Waals surface area contributed by atoms with Crippen LogP contribution in [0.4, 0.5) is 5.69 Å². The van der Waals surface area contributed by atoms with Crippen molar-refractivity contribution in [3.63, 3.8) is 0 Å². The van der Waals surface area contributed by atoms with Crippen molar-refractivity contribution in [1.29, 1.82) is 5.26 Å². The predicted molar refractivity (Wildman–Crippen MR) is 104 cm³/mol. The number of benzene rings is 2. The van der Waals surface area contributed by atoms with Crippen LogP contribution in [0.2, 0.25) is 0 Å². The molecule has 1 unspecified atom stereocenters. The van der Waals surface area contributed by atoms with Crippen LogP contribution in [0.15, 0.2) is 47.9 Å². The van der Waals surface area contributed by atoms with Crippen molar-refractivity contribution in [2.24, 2.45) is 5.73 Å². The average molecular weight is 365 g/mol. The van der Waals surface area contributed by atoms with Crippen LogP contribution >= 0.6 is 0 Å². The average Bonchev–Trinajstić information content (AvgIpc) is 2.67. The molecule has 1 heterocycles. The minimum absolute atomic E-state index is 0.0860. The van der Waals surface area contributed by atoms with Gasteiger partial charge in [0.15, 0.2) is 11.5 Å². The molecule has 6 heteroatoms. The quantitative estimate of drug-likeness (QED) is 0.598. The van der Waals surface area contributed by atoms with Gasteiger partial charge in [-0.3, -0.25) is 0 Å². The van der Waals surface area contributed by atoms with Crippen LogP contribution in [-0.2, 0) is 0 Å². The SMILES string of the molecule is CCCCOc1ccc(C2C(C#N)=C(N)Oc3cc(N)ccc32)cc1OC. The van der Waals surface area contributed by atoms with Gasteiger partial charge in [-0.15, -0.1) is 0 Å². The van der Waals surface area contributed by atoms with Crippen molar-refractivity contribution in [1.82, 2.24) is 0 Å². The summed E-state index contributed by atoms with van der Waals surface area (Å²) in [5.41, 5.74) is 14.5. The molecule has 3 rings (SSSR count). The molecule has 4 N–H and O–H groups in total. The van der Waals surface area contributed by atoms with E-state index in [0.717, 1.165) is 24.0 Å². The largest absolute Gasteiger partial charge is 0.493 e. The second-order valence-electron chi connectivity index (χ2n) is 6.33. The van der Waals surface area contributed by atoms with Crippen molar-refractivity contribution in [3.05, 3.63) is 59.0 Å². The van der Waals surface area contributed by atoms with Crippen molar-refractivity contribution < 1.29 is 14.2 Å². The molecular weight excluding hydrogens is 342 g/mol. The summed E-state index contributed by atoms with van der Waals surface area (Å²) in [4.78, 5) is 0. The number of methoxy groups -OCH3 is 1. The zero-order valence-electron chi connectivity index (χ0n) is 15.5. The Balaban J connectivity index is 2.05. The minimum atomic E-state index is -0.363. The number of nitrogens with two attached hydrogens (primary N) is 2. The van der Waals surface area contributed by atoms with Crippen molar-refractivity contribution in [2.45, 2.75) is 25.7 Å². The van der Waals surface area contributed by atoms with Gasteiger partial charge in [-0.25, -0.2) is 0 Å². The van der Waals surface area contributed by atoms with Gasteiger partial charge >= 0.3 is 0 Å². The Morgan fingerprint density at radius 1 is 1.15 bits per heavy atom. The standard InChI is InChI=1S/C21H23N3O3/c1-3-4-9-26-17-8-5-13(10-19(17)25-2)20-15-7-6-14(23)11-18(15)27-21(24)16(20)12-22/h5-8,10-11,20H,3-4,9,23-24H2,1-2H3. The minimum Gasteiger partial charge on any atom is -0.493 e. The molecule has 0 fully saturated rings. The third-order valence-corrected chi connectivity index (χ3v) is 4.52. The van der Waals surface area contributed by atoms with Crippen LogP contribution in [0, 0.1) is 11.3 Å². The molecule has 2 aromatic rings. The molecule has 0 saturated heterocycles. The molecule has 1 aliphatic heterocycles. The summed E-state index contributed by atoms with van der Waals surface area (Å²) in [6.07, 6.45) is 2.02. The summed E-state index contributed by atoms with van der Waals surface area (Å²) < 4.78 is 16.9. The van der Waals surface area contributed by atoms with Crippen LogP contribution in [0.5, 0.6) is 17.2 Å². The highest BCUT2D eigenvalue weighted by molar-refractivity contribution is 5.60. The molecule has 140 valence electrons. The smallest absolute Gasteiger partial charge is 0.205 e. The van der Waals surface area contributed by atoms with Crippen LogP contribution in [0.25, 0.3) is 0 Å². The number of unbranched alkanes of at least 4 members (excludes halogenated alkanes) is 1. The van der Waals surface area contributed by atoms with E-state index in [2.05, 4.69) is 13.0 Å². The van der Waals surface area contributed by atoms with Gasteiger partial charge in [0.05, 0.1) is 19.6 Å². The molecule has 0 spiro atoms. The molecule has 0 amide bonds. The highest BCUT2D eigenvalue weighted by atomic mass is 16.5. The number of allylic oxidation sites excluding steroid dienone is 1. The van der Waals surface area contributed by atoms with E-state index in [1.54, 1.807) is 19.2 Å². The Hall–Kier alpha value is -3.33. The number of anilines is 1. The molecule has 2 aromatic carbocycles. The number of rotatable bonds is 6. The zero-order valence-corrected chi connectivity index (χ0v) is 15.5. The highest BCUT2D eigenvalue weighted by Crippen LogP contribution is 2.44. The Bertz CT molecular complexity index is 915. The molecule has 0 radical (unpaired) electrons. The summed E-state index contributed by atoms with van der Waals surface area (Å²) in [5.74, 6) is 1.57. The van der Waals surface area contributed by atoms with E-state index in [1.807, 2.05) is 24.3 Å². The zero-order chi connectivity index (χ0) is 19.4. The first-order chi connectivity index (χ1) is 13.1. The predicted octanol–water partition coefficient (Wildman–Crippen LogP) is 3.67. The fourth-order valence-corrected chi connectivity index (χ4v) is 3.12. The highest BCUT2D eigenvalue weighted by Gasteiger charge is 2.31. The first kappa shape index (κ1) is 18.5. The lowest BCUT2D eigenvalue weighted by atomic mass is 9.83. The molecule has 1 atom stereocenters. The van der Waals surface area contributed by atoms with Gasteiger partial charge in [-0.05, 0) is 30.2 Å². The van der Waals surface area contributed by atoms with Crippen molar-refractivity contribution >= 4 is 5.69 Å². The summed E-state index contributed by atoms with van der Waals surface area (Å²) in [6.45, 7) is 2.74. The number of ether oxygens (including phenoxy) is 3. The Kier molecular flexibility index (Phi) is 5.41. The van der Waals surface area contributed by atoms with E-state index in [1.165, 1.54) is 0 Å². The summed E-state index contributed by atoms with van der Waals surface area (Å²) >= 11 is 0. The number of hydrogen-bond acceptors (Lipinski definition) is 6. The van der Waals surface area contributed by atoms with Gasteiger partial charge in [-0.2, -0.15) is 5.26 Å². The second kappa shape index (κ2) is 7.92. The number of nitrogen functional groups attached to an aromatic ring is 1. The molecule has 0 aliphatic carbocycles. The maximum Gasteiger partial charge on any atom is 0.205 e. The van der Waals surface area contributed by atoms with E-state index < -0.39 is 0 Å². The molecule has 0 aromatic heterocycles. The monoisotopic (exact) mass is 365 g/mol. The van der Waals surface area contributed by atoms with Gasteiger partial charge in [0.2, 0.25) is 5.88 Å². The first-order valence-corrected chi connectivity index (χ1v) is 8.86. The Morgan fingerprint density at radius 2 is 1.96 bits per heavy atom. The molecule has 0 saturated carbocycles. The van der Waals surface area contributed by atoms with Gasteiger partial charge in [0.25, 0.3) is 0 Å². The summed E-state index contributed by atoms with van der Waals surface area (Å²) in [5, 5.41) is 9.65. The number of nitrogens with zero attached hydrogens (tertiary/aromatic N) is 1. The molecule has 0 bridgehead atoms. The molecule has 1 aliphatic rings. The van der Waals surface area contributed by atoms with Crippen LogP contribution in [0.3, 0.4) is 0 Å². The molecule has 27 heavy (non-hydrogen) atoms. The fourth-order valence-electron chi connectivity index (χ4n) is 3.12. The number of hydrogen-bond donors (Lipinski definition) is 2. The lowest BCUT2D eigenvalue weighted by molar-refractivity contribution is 0.288. The summed E-state index contributed by atoms with van der Waals surface area (Å²) in [6, 6.07) is 13.2. The van der Waals surface area contributed by atoms with Crippen LogP contribution < -0.4 is 25.7 Å². The topological polar surface area (TPSA) is 104 Å². The Labute approximate surface area is 158 Å². The second-order valence-corrected chi connectivity index (χ2v) is 6.33. The lowest BCUT2D eigenvalue weighted by Crippen LogP contribution is -2.21. The van der Waals surface area contributed by atoms with Gasteiger partial charge in [-0.1, -0.05) is 25.5 Å². The summed E-state index contributed by atoms with van der Waals surface area (Å²) in [7, 11) is 1.60. The Morgan fingerprint density at radius 3 is 2.67 bits per heavy atom. The van der Waals surface area contributed by atoms with Gasteiger partial charge < -0.3 is 25.7 Å². The maximum absolute atomic E-state index is 9.65. The van der Waals surface area contributed by atoms with E-state index >= 15 is 0 Å². The number of nitriles is 1. The number of fused-ring (bicyclic) bond motifs is 1. The van der Waals surface area contributed by atoms with Gasteiger partial charge in [0, 0.05) is 17.3 Å².